The van der Waals surface area contributed by atoms with Crippen LogP contribution in [0.3, 0.4) is 0 Å². The summed E-state index contributed by atoms with van der Waals surface area (Å²) in [5.74, 6) is -1.08. The van der Waals surface area contributed by atoms with Crippen LogP contribution < -0.4 is 0 Å². The average Bonchev–Trinajstić information content (AvgIpc) is 3.06. The summed E-state index contributed by atoms with van der Waals surface area (Å²) >= 11 is 1.46. The molecule has 0 saturated carbocycles. The van der Waals surface area contributed by atoms with Crippen LogP contribution in [-0.4, -0.2) is 31.1 Å². The quantitative estimate of drug-likeness (QED) is 0.800. The first-order valence-electron chi connectivity index (χ1n) is 6.26. The fraction of sp³-hybridized carbons (Fsp3) is 0.143. The zero-order chi connectivity index (χ0) is 14.8. The fourth-order valence-electron chi connectivity index (χ4n) is 2.10. The smallest absolute Gasteiger partial charge is 0.358 e. The molecule has 7 heteroatoms. The first-order valence-corrected chi connectivity index (χ1v) is 7.14. The van der Waals surface area contributed by atoms with Crippen LogP contribution in [-0.2, 0) is 6.54 Å². The van der Waals surface area contributed by atoms with E-state index < -0.39 is 5.97 Å². The van der Waals surface area contributed by atoms with Crippen molar-refractivity contribution in [1.82, 2.24) is 20.0 Å². The van der Waals surface area contributed by atoms with Gasteiger partial charge in [-0.15, -0.1) is 16.4 Å². The molecule has 0 amide bonds. The maximum Gasteiger partial charge on any atom is 0.358 e. The van der Waals surface area contributed by atoms with Crippen LogP contribution >= 0.6 is 11.3 Å². The molecule has 0 radical (unpaired) electrons. The number of hydrogen-bond donors (Lipinski definition) is 1. The summed E-state index contributed by atoms with van der Waals surface area (Å²) in [5.41, 5.74) is 2.50. The molecule has 0 unspecified atom stereocenters. The number of carboxylic acid groups (broad SMARTS) is 1. The third kappa shape index (κ3) is 2.68. The number of thiophene rings is 1. The van der Waals surface area contributed by atoms with Crippen molar-refractivity contribution in [1.29, 1.82) is 0 Å². The molecule has 0 spiro atoms. The molecule has 0 aliphatic heterocycles. The van der Waals surface area contributed by atoms with Gasteiger partial charge in [-0.05, 0) is 29.5 Å². The van der Waals surface area contributed by atoms with Gasteiger partial charge in [0, 0.05) is 12.4 Å². The molecule has 1 N–H and O–H groups in total. The summed E-state index contributed by atoms with van der Waals surface area (Å²) < 4.78 is 1.60. The highest BCUT2D eigenvalue weighted by Crippen LogP contribution is 2.27. The second-order valence-electron chi connectivity index (χ2n) is 4.60. The van der Waals surface area contributed by atoms with Crippen LogP contribution in [0.5, 0.6) is 0 Å². The lowest BCUT2D eigenvalue weighted by atomic mass is 10.2. The number of carbonyl (C=O) groups is 1. The summed E-state index contributed by atoms with van der Waals surface area (Å²) in [6, 6.07) is 5.73. The minimum absolute atomic E-state index is 0.0296. The van der Waals surface area contributed by atoms with E-state index in [4.69, 9.17) is 0 Å². The zero-order valence-corrected chi connectivity index (χ0v) is 12.0. The molecule has 0 saturated heterocycles. The lowest BCUT2D eigenvalue weighted by Crippen LogP contribution is -2.06. The van der Waals surface area contributed by atoms with Crippen LogP contribution in [0.4, 0.5) is 0 Å². The molecule has 106 valence electrons. The highest BCUT2D eigenvalue weighted by atomic mass is 32.1. The molecule has 0 fully saturated rings. The molecule has 3 heterocycles. The van der Waals surface area contributed by atoms with Gasteiger partial charge in [0.2, 0.25) is 0 Å². The van der Waals surface area contributed by atoms with Crippen molar-refractivity contribution in [2.75, 3.05) is 0 Å². The summed E-state index contributed by atoms with van der Waals surface area (Å²) in [7, 11) is 0. The van der Waals surface area contributed by atoms with Crippen LogP contribution in [0, 0.1) is 6.92 Å². The van der Waals surface area contributed by atoms with Crippen molar-refractivity contribution in [3.63, 3.8) is 0 Å². The van der Waals surface area contributed by atoms with E-state index in [-0.39, 0.29) is 5.69 Å². The number of nitrogens with zero attached hydrogens (tertiary/aromatic N) is 4. The first-order chi connectivity index (χ1) is 10.1. The van der Waals surface area contributed by atoms with E-state index in [1.54, 1.807) is 17.1 Å². The van der Waals surface area contributed by atoms with Gasteiger partial charge in [-0.1, -0.05) is 17.3 Å². The van der Waals surface area contributed by atoms with Gasteiger partial charge in [0.05, 0.1) is 11.4 Å². The van der Waals surface area contributed by atoms with Crippen molar-refractivity contribution >= 4 is 17.3 Å². The summed E-state index contributed by atoms with van der Waals surface area (Å²) in [6.45, 7) is 2.39. The summed E-state index contributed by atoms with van der Waals surface area (Å²) in [6.07, 6.45) is 3.51. The van der Waals surface area contributed by atoms with Gasteiger partial charge in [-0.25, -0.2) is 9.48 Å². The molecule has 6 nitrogen and oxygen atoms in total. The Hall–Kier alpha value is -2.54. The number of aromatic nitrogens is 4. The third-order valence-corrected chi connectivity index (χ3v) is 3.83. The molecule has 3 aromatic rings. The van der Waals surface area contributed by atoms with Gasteiger partial charge in [-0.3, -0.25) is 4.98 Å². The van der Waals surface area contributed by atoms with Gasteiger partial charge >= 0.3 is 5.97 Å². The standard InChI is InChI=1S/C14H12N4O2S/c1-9-5-10(7-15-6-9)8-18-13(11-3-2-4-21-11)12(14(19)20)16-17-18/h2-7H,8H2,1H3,(H,19,20). The monoisotopic (exact) mass is 300 g/mol. The van der Waals surface area contributed by atoms with E-state index in [9.17, 15) is 9.90 Å². The predicted octanol–water partition coefficient (Wildman–Crippen LogP) is 2.46. The van der Waals surface area contributed by atoms with Gasteiger partial charge in [-0.2, -0.15) is 0 Å². The lowest BCUT2D eigenvalue weighted by Gasteiger charge is -2.06. The second kappa shape index (κ2) is 5.45. The van der Waals surface area contributed by atoms with Gasteiger partial charge in [0.15, 0.2) is 5.69 Å². The number of aryl methyl sites for hydroxylation is 1. The van der Waals surface area contributed by atoms with Crippen LogP contribution in [0.2, 0.25) is 0 Å². The maximum absolute atomic E-state index is 11.3. The van der Waals surface area contributed by atoms with Gasteiger partial charge in [0.25, 0.3) is 0 Å². The van der Waals surface area contributed by atoms with E-state index in [0.717, 1.165) is 16.0 Å². The highest BCUT2D eigenvalue weighted by molar-refractivity contribution is 7.13. The zero-order valence-electron chi connectivity index (χ0n) is 11.2. The topological polar surface area (TPSA) is 80.9 Å². The number of carboxylic acids is 1. The van der Waals surface area contributed by atoms with E-state index >= 15 is 0 Å². The first kappa shape index (κ1) is 13.4. The van der Waals surface area contributed by atoms with Crippen LogP contribution in [0.1, 0.15) is 21.6 Å². The highest BCUT2D eigenvalue weighted by Gasteiger charge is 2.21. The molecule has 21 heavy (non-hydrogen) atoms. The largest absolute Gasteiger partial charge is 0.476 e. The van der Waals surface area contributed by atoms with E-state index in [0.29, 0.717) is 12.2 Å². The Morgan fingerprint density at radius 2 is 2.29 bits per heavy atom. The SMILES string of the molecule is Cc1cncc(Cn2nnc(C(=O)O)c2-c2cccs2)c1. The molecule has 0 bridgehead atoms. The van der Waals surface area contributed by atoms with Gasteiger partial charge in [0.1, 0.15) is 5.69 Å². The van der Waals surface area contributed by atoms with Crippen molar-refractivity contribution in [2.24, 2.45) is 0 Å². The predicted molar refractivity (Wildman–Crippen MR) is 78.4 cm³/mol. The Morgan fingerprint density at radius 1 is 1.43 bits per heavy atom. The third-order valence-electron chi connectivity index (χ3n) is 2.96. The summed E-state index contributed by atoms with van der Waals surface area (Å²) in [4.78, 5) is 16.3. The number of pyridine rings is 1. The average molecular weight is 300 g/mol. The van der Waals surface area contributed by atoms with Crippen molar-refractivity contribution < 1.29 is 9.90 Å². The van der Waals surface area contributed by atoms with E-state index in [2.05, 4.69) is 15.3 Å². The lowest BCUT2D eigenvalue weighted by molar-refractivity contribution is 0.0691. The van der Waals surface area contributed by atoms with E-state index in [1.165, 1.54) is 11.3 Å². The Bertz CT molecular complexity index is 780. The van der Waals surface area contributed by atoms with Crippen LogP contribution in [0.25, 0.3) is 10.6 Å². The van der Waals surface area contributed by atoms with Crippen molar-refractivity contribution in [3.8, 4) is 10.6 Å². The molecule has 0 aliphatic carbocycles. The molecule has 0 aliphatic rings. The van der Waals surface area contributed by atoms with E-state index in [1.807, 2.05) is 30.5 Å². The number of aromatic carboxylic acids is 1. The molecule has 0 aromatic carbocycles. The Morgan fingerprint density at radius 3 is 2.95 bits per heavy atom. The minimum Gasteiger partial charge on any atom is -0.476 e. The number of rotatable bonds is 4. The normalized spacial score (nSPS) is 10.7. The summed E-state index contributed by atoms with van der Waals surface area (Å²) in [5, 5.41) is 18.9. The van der Waals surface area contributed by atoms with Crippen molar-refractivity contribution in [2.45, 2.75) is 13.5 Å². The second-order valence-corrected chi connectivity index (χ2v) is 5.54. The van der Waals surface area contributed by atoms with Crippen LogP contribution in [0.15, 0.2) is 36.0 Å². The Kier molecular flexibility index (Phi) is 3.49. The molecule has 3 rings (SSSR count). The Labute approximate surface area is 124 Å². The molecule has 0 atom stereocenters. The maximum atomic E-state index is 11.3. The minimum atomic E-state index is -1.08. The number of hydrogen-bond acceptors (Lipinski definition) is 5. The molecular weight excluding hydrogens is 288 g/mol. The van der Waals surface area contributed by atoms with Crippen molar-refractivity contribution in [3.05, 3.63) is 52.8 Å². The van der Waals surface area contributed by atoms with Gasteiger partial charge < -0.3 is 5.11 Å². The Balaban J connectivity index is 2.05. The molecule has 3 aromatic heterocycles. The fourth-order valence-corrected chi connectivity index (χ4v) is 2.88. The molecular formula is C14H12N4O2S.